The highest BCUT2D eigenvalue weighted by Crippen LogP contribution is 2.34. The van der Waals surface area contributed by atoms with Crippen LogP contribution in [0.1, 0.15) is 12.0 Å². The first-order chi connectivity index (χ1) is 12.6. The summed E-state index contributed by atoms with van der Waals surface area (Å²) in [4.78, 5) is 29.0. The fourth-order valence-corrected chi connectivity index (χ4v) is 4.11. The van der Waals surface area contributed by atoms with E-state index < -0.39 is 0 Å². The number of fused-ring (bicyclic) bond motifs is 1. The van der Waals surface area contributed by atoms with E-state index in [-0.39, 0.29) is 24.2 Å². The Morgan fingerprint density at radius 1 is 1.19 bits per heavy atom. The maximum Gasteiger partial charge on any atom is 0.232 e. The summed E-state index contributed by atoms with van der Waals surface area (Å²) in [5.41, 5.74) is 2.94. The Kier molecular flexibility index (Phi) is 4.44. The molecule has 134 valence electrons. The van der Waals surface area contributed by atoms with Gasteiger partial charge in [-0.15, -0.1) is 0 Å². The van der Waals surface area contributed by atoms with Crippen LogP contribution in [0.15, 0.2) is 46.9 Å². The third kappa shape index (κ3) is 2.98. The van der Waals surface area contributed by atoms with Crippen molar-refractivity contribution in [3.8, 4) is 5.75 Å². The van der Waals surface area contributed by atoms with Gasteiger partial charge in [-0.25, -0.2) is 0 Å². The minimum atomic E-state index is -0.306. The zero-order chi connectivity index (χ0) is 18.3. The summed E-state index contributed by atoms with van der Waals surface area (Å²) in [7, 11) is 1.61. The molecule has 2 amide bonds. The number of ether oxygens (including phenoxy) is 1. The lowest BCUT2D eigenvalue weighted by molar-refractivity contribution is -0.124. The lowest BCUT2D eigenvalue weighted by Gasteiger charge is -2.22. The van der Waals surface area contributed by atoms with E-state index in [1.165, 1.54) is 5.56 Å². The second-order valence-electron chi connectivity index (χ2n) is 6.62. The van der Waals surface area contributed by atoms with Crippen molar-refractivity contribution in [2.24, 2.45) is 5.92 Å². The Bertz CT molecular complexity index is 866. The number of carbonyl (C=O) groups excluding carboxylic acids is 2. The van der Waals surface area contributed by atoms with E-state index in [0.29, 0.717) is 13.1 Å². The number of anilines is 2. The van der Waals surface area contributed by atoms with E-state index >= 15 is 0 Å². The van der Waals surface area contributed by atoms with Gasteiger partial charge < -0.3 is 14.5 Å². The van der Waals surface area contributed by atoms with Crippen LogP contribution in [0.3, 0.4) is 0 Å². The fourth-order valence-electron chi connectivity index (χ4n) is 3.70. The maximum atomic E-state index is 13.0. The van der Waals surface area contributed by atoms with Gasteiger partial charge in [0.05, 0.1) is 13.0 Å². The zero-order valence-electron chi connectivity index (χ0n) is 14.4. The molecule has 26 heavy (non-hydrogen) atoms. The standard InChI is InChI=1S/C20H19BrN2O3/c1-26-17-5-3-16(4-6-17)23-12-14(11-19(23)24)20(25)22-9-8-13-10-15(21)2-7-18(13)22/h2-7,10,14H,8-9,11-12H2,1H3/t14-/m0/s1. The molecule has 1 saturated heterocycles. The molecule has 0 saturated carbocycles. The van der Waals surface area contributed by atoms with Gasteiger partial charge in [0, 0.05) is 35.4 Å². The van der Waals surface area contributed by atoms with Gasteiger partial charge >= 0.3 is 0 Å². The number of amides is 2. The number of hydrogen-bond donors (Lipinski definition) is 0. The summed E-state index contributed by atoms with van der Waals surface area (Å²) in [6.45, 7) is 1.10. The molecule has 2 heterocycles. The molecule has 2 aliphatic rings. The number of nitrogens with zero attached hydrogens (tertiary/aromatic N) is 2. The topological polar surface area (TPSA) is 49.9 Å². The molecule has 0 unspecified atom stereocenters. The SMILES string of the molecule is COc1ccc(N2C[C@@H](C(=O)N3CCc4cc(Br)ccc43)CC2=O)cc1. The van der Waals surface area contributed by atoms with Gasteiger partial charge in [-0.2, -0.15) is 0 Å². The predicted octanol–water partition coefficient (Wildman–Crippen LogP) is 3.40. The van der Waals surface area contributed by atoms with Crippen molar-refractivity contribution < 1.29 is 14.3 Å². The van der Waals surface area contributed by atoms with Gasteiger partial charge in [-0.3, -0.25) is 9.59 Å². The van der Waals surface area contributed by atoms with Gasteiger partial charge in [-0.1, -0.05) is 15.9 Å². The Labute approximate surface area is 160 Å². The largest absolute Gasteiger partial charge is 0.497 e. The monoisotopic (exact) mass is 414 g/mol. The smallest absolute Gasteiger partial charge is 0.232 e. The molecular weight excluding hydrogens is 396 g/mol. The van der Waals surface area contributed by atoms with E-state index in [1.54, 1.807) is 12.0 Å². The summed E-state index contributed by atoms with van der Waals surface area (Å²) >= 11 is 3.48. The molecule has 0 aromatic heterocycles. The average Bonchev–Trinajstić information content (AvgIpc) is 3.24. The molecule has 2 aliphatic heterocycles. The number of hydrogen-bond acceptors (Lipinski definition) is 3. The van der Waals surface area contributed by atoms with Crippen LogP contribution < -0.4 is 14.5 Å². The minimum Gasteiger partial charge on any atom is -0.497 e. The molecule has 1 atom stereocenters. The Morgan fingerprint density at radius 3 is 2.69 bits per heavy atom. The quantitative estimate of drug-likeness (QED) is 0.772. The lowest BCUT2D eigenvalue weighted by atomic mass is 10.1. The van der Waals surface area contributed by atoms with Crippen LogP contribution in [-0.2, 0) is 16.0 Å². The number of benzene rings is 2. The maximum absolute atomic E-state index is 13.0. The summed E-state index contributed by atoms with van der Waals surface area (Å²) in [6.07, 6.45) is 1.11. The summed E-state index contributed by atoms with van der Waals surface area (Å²) in [6, 6.07) is 13.3. The molecule has 5 nitrogen and oxygen atoms in total. The Balaban J connectivity index is 1.51. The average molecular weight is 415 g/mol. The molecule has 2 aromatic rings. The molecule has 2 aromatic carbocycles. The van der Waals surface area contributed by atoms with E-state index in [4.69, 9.17) is 4.74 Å². The van der Waals surface area contributed by atoms with Crippen molar-refractivity contribution in [2.45, 2.75) is 12.8 Å². The molecule has 6 heteroatoms. The molecule has 0 radical (unpaired) electrons. The van der Waals surface area contributed by atoms with Crippen LogP contribution in [0.5, 0.6) is 5.75 Å². The van der Waals surface area contributed by atoms with Crippen LogP contribution in [-0.4, -0.2) is 32.0 Å². The van der Waals surface area contributed by atoms with Crippen molar-refractivity contribution in [1.82, 2.24) is 0 Å². The third-order valence-electron chi connectivity index (χ3n) is 5.06. The first-order valence-corrected chi connectivity index (χ1v) is 9.40. The van der Waals surface area contributed by atoms with Gasteiger partial charge in [0.2, 0.25) is 11.8 Å². The first-order valence-electron chi connectivity index (χ1n) is 8.61. The van der Waals surface area contributed by atoms with Crippen LogP contribution in [0.4, 0.5) is 11.4 Å². The summed E-state index contributed by atoms with van der Waals surface area (Å²) in [5, 5.41) is 0. The first kappa shape index (κ1) is 17.1. The Morgan fingerprint density at radius 2 is 1.96 bits per heavy atom. The second kappa shape index (κ2) is 6.76. The van der Waals surface area contributed by atoms with Gasteiger partial charge in [0.15, 0.2) is 0 Å². The lowest BCUT2D eigenvalue weighted by Crippen LogP contribution is -2.36. The molecule has 0 bridgehead atoms. The van der Waals surface area contributed by atoms with Gasteiger partial charge in [0.25, 0.3) is 0 Å². The van der Waals surface area contributed by atoms with E-state index in [2.05, 4.69) is 22.0 Å². The molecule has 0 N–H and O–H groups in total. The molecule has 4 rings (SSSR count). The predicted molar refractivity (Wildman–Crippen MR) is 104 cm³/mol. The Hall–Kier alpha value is -2.34. The summed E-state index contributed by atoms with van der Waals surface area (Å²) < 4.78 is 6.18. The van der Waals surface area contributed by atoms with Crippen LogP contribution in [0, 0.1) is 5.92 Å². The molecule has 0 aliphatic carbocycles. The van der Waals surface area contributed by atoms with Crippen LogP contribution in [0.2, 0.25) is 0 Å². The van der Waals surface area contributed by atoms with E-state index in [1.807, 2.05) is 41.3 Å². The highest BCUT2D eigenvalue weighted by atomic mass is 79.9. The van der Waals surface area contributed by atoms with Crippen LogP contribution >= 0.6 is 15.9 Å². The summed E-state index contributed by atoms with van der Waals surface area (Å²) in [5.74, 6) is 0.464. The van der Waals surface area contributed by atoms with Crippen molar-refractivity contribution in [3.63, 3.8) is 0 Å². The number of carbonyl (C=O) groups is 2. The van der Waals surface area contributed by atoms with Crippen molar-refractivity contribution in [1.29, 1.82) is 0 Å². The van der Waals surface area contributed by atoms with E-state index in [0.717, 1.165) is 28.0 Å². The molecule has 0 spiro atoms. The molecule has 1 fully saturated rings. The van der Waals surface area contributed by atoms with Gasteiger partial charge in [-0.05, 0) is 54.4 Å². The van der Waals surface area contributed by atoms with Crippen molar-refractivity contribution in [2.75, 3.05) is 30.0 Å². The zero-order valence-corrected chi connectivity index (χ0v) is 16.0. The van der Waals surface area contributed by atoms with Crippen molar-refractivity contribution >= 4 is 39.1 Å². The van der Waals surface area contributed by atoms with E-state index in [9.17, 15) is 9.59 Å². The highest BCUT2D eigenvalue weighted by molar-refractivity contribution is 9.10. The highest BCUT2D eigenvalue weighted by Gasteiger charge is 2.39. The second-order valence-corrected chi connectivity index (χ2v) is 7.53. The third-order valence-corrected chi connectivity index (χ3v) is 5.55. The fraction of sp³-hybridized carbons (Fsp3) is 0.300. The normalized spacial score (nSPS) is 19.0. The van der Waals surface area contributed by atoms with Gasteiger partial charge in [0.1, 0.15) is 5.75 Å². The number of methoxy groups -OCH3 is 1. The number of rotatable bonds is 3. The number of halogens is 1. The van der Waals surface area contributed by atoms with Crippen molar-refractivity contribution in [3.05, 3.63) is 52.5 Å². The van der Waals surface area contributed by atoms with Crippen LogP contribution in [0.25, 0.3) is 0 Å². The molecular formula is C20H19BrN2O3. The minimum absolute atomic E-state index is 0.0104.